The molecule has 0 N–H and O–H groups in total. The van der Waals surface area contributed by atoms with Crippen molar-refractivity contribution in [1.82, 2.24) is 0 Å². The van der Waals surface area contributed by atoms with Crippen LogP contribution in [0.1, 0.15) is 11.1 Å². The predicted molar refractivity (Wildman–Crippen MR) is 122 cm³/mol. The first-order valence-corrected chi connectivity index (χ1v) is 10.8. The minimum absolute atomic E-state index is 0.556. The van der Waals surface area contributed by atoms with E-state index in [9.17, 15) is 0 Å². The summed E-state index contributed by atoms with van der Waals surface area (Å²) in [6.07, 6.45) is 0. The molecule has 0 aliphatic heterocycles. The van der Waals surface area contributed by atoms with Crippen LogP contribution in [0.5, 0.6) is 0 Å². The molecule has 4 rings (SSSR count). The number of rotatable bonds is 2. The smallest absolute Gasteiger partial charge is 0.0480 e. The van der Waals surface area contributed by atoms with Crippen LogP contribution in [-0.4, -0.2) is 0 Å². The van der Waals surface area contributed by atoms with Gasteiger partial charge in [-0.3, -0.25) is 0 Å². The van der Waals surface area contributed by atoms with Crippen molar-refractivity contribution in [3.05, 3.63) is 92.9 Å². The van der Waals surface area contributed by atoms with Crippen molar-refractivity contribution in [2.75, 3.05) is 0 Å². The molecule has 0 aliphatic rings. The van der Waals surface area contributed by atoms with Gasteiger partial charge in [0.25, 0.3) is 0 Å². The van der Waals surface area contributed by atoms with E-state index in [4.69, 9.17) is 23.2 Å². The minimum Gasteiger partial charge on any atom is -0.122 e. The number of fused-ring (bicyclic) bond motifs is 2. The lowest BCUT2D eigenvalue weighted by molar-refractivity contribution is 1.44. The molecular weight excluding hydrogens is 495 g/mol. The monoisotopic (exact) mass is 508 g/mol. The molecule has 26 heavy (non-hydrogen) atoms. The third-order valence-electron chi connectivity index (χ3n) is 4.17. The van der Waals surface area contributed by atoms with E-state index in [2.05, 4.69) is 68.3 Å². The summed E-state index contributed by atoms with van der Waals surface area (Å²) in [5.74, 6) is 1.11. The van der Waals surface area contributed by atoms with Gasteiger partial charge in [0, 0.05) is 31.5 Å². The van der Waals surface area contributed by atoms with Crippen molar-refractivity contribution in [3.8, 4) is 0 Å². The first kappa shape index (κ1) is 19.7. The molecule has 0 nitrogen and oxygen atoms in total. The number of halogens is 4. The van der Waals surface area contributed by atoms with E-state index in [1.54, 1.807) is 0 Å². The van der Waals surface area contributed by atoms with Gasteiger partial charge in [-0.1, -0.05) is 92.5 Å². The lowest BCUT2D eigenvalue weighted by atomic mass is 10.1. The highest BCUT2D eigenvalue weighted by Crippen LogP contribution is 2.29. The van der Waals surface area contributed by atoms with Crippen molar-refractivity contribution in [2.45, 2.75) is 11.8 Å². The standard InChI is InChI=1S/2C11H8BrCl/c2*12-10-6-2-4-8-3-1-5-9(7-13)11(8)10/h2*1-6H,7H2. The van der Waals surface area contributed by atoms with E-state index in [0.29, 0.717) is 11.8 Å². The largest absolute Gasteiger partial charge is 0.122 e. The van der Waals surface area contributed by atoms with Crippen LogP contribution in [0, 0.1) is 0 Å². The average molecular weight is 511 g/mol. The molecule has 4 aromatic carbocycles. The molecule has 4 heteroatoms. The lowest BCUT2D eigenvalue weighted by Crippen LogP contribution is -1.82. The van der Waals surface area contributed by atoms with Crippen LogP contribution in [0.2, 0.25) is 0 Å². The maximum atomic E-state index is 5.86. The lowest BCUT2D eigenvalue weighted by Gasteiger charge is -2.04. The fraction of sp³-hybridized carbons (Fsp3) is 0.0909. The fourth-order valence-corrected chi connectivity index (χ4v) is 4.68. The van der Waals surface area contributed by atoms with E-state index in [1.165, 1.54) is 32.7 Å². The van der Waals surface area contributed by atoms with Gasteiger partial charge in [0.2, 0.25) is 0 Å². The molecule has 132 valence electrons. The topological polar surface area (TPSA) is 0 Å². The summed E-state index contributed by atoms with van der Waals surface area (Å²) in [4.78, 5) is 0. The van der Waals surface area contributed by atoms with Crippen molar-refractivity contribution in [3.63, 3.8) is 0 Å². The van der Waals surface area contributed by atoms with Gasteiger partial charge >= 0.3 is 0 Å². The summed E-state index contributed by atoms with van der Waals surface area (Å²) in [5, 5.41) is 4.90. The zero-order chi connectivity index (χ0) is 18.5. The average Bonchev–Trinajstić information content (AvgIpc) is 2.68. The van der Waals surface area contributed by atoms with Crippen molar-refractivity contribution in [2.24, 2.45) is 0 Å². The van der Waals surface area contributed by atoms with E-state index in [1.807, 2.05) is 36.4 Å². The highest BCUT2D eigenvalue weighted by atomic mass is 79.9. The second kappa shape index (κ2) is 9.23. The van der Waals surface area contributed by atoms with Gasteiger partial charge in [-0.25, -0.2) is 0 Å². The van der Waals surface area contributed by atoms with Gasteiger partial charge in [0.05, 0.1) is 0 Å². The van der Waals surface area contributed by atoms with Crippen LogP contribution in [0.25, 0.3) is 21.5 Å². The normalized spacial score (nSPS) is 10.6. The summed E-state index contributed by atoms with van der Waals surface area (Å²) < 4.78 is 2.22. The van der Waals surface area contributed by atoms with Crippen LogP contribution >= 0.6 is 55.1 Å². The molecule has 0 atom stereocenters. The minimum atomic E-state index is 0.556. The van der Waals surface area contributed by atoms with Gasteiger partial charge in [-0.15, -0.1) is 23.2 Å². The third kappa shape index (κ3) is 4.26. The number of alkyl halides is 2. The van der Waals surface area contributed by atoms with Crippen molar-refractivity contribution >= 4 is 76.6 Å². The Morgan fingerprint density at radius 2 is 0.885 bits per heavy atom. The van der Waals surface area contributed by atoms with Gasteiger partial charge in [0.1, 0.15) is 0 Å². The summed E-state index contributed by atoms with van der Waals surface area (Å²) in [6, 6.07) is 24.7. The predicted octanol–water partition coefficient (Wildman–Crippen LogP) is 8.68. The molecule has 4 aromatic rings. The molecule has 0 heterocycles. The van der Waals surface area contributed by atoms with Crippen LogP contribution in [0.3, 0.4) is 0 Å². The Balaban J connectivity index is 0.000000151. The molecule has 0 bridgehead atoms. The summed E-state index contributed by atoms with van der Waals surface area (Å²) in [6.45, 7) is 0. The molecule has 0 radical (unpaired) electrons. The Hall–Kier alpha value is -1.06. The van der Waals surface area contributed by atoms with Crippen LogP contribution in [0.15, 0.2) is 81.7 Å². The molecule has 0 fully saturated rings. The highest BCUT2D eigenvalue weighted by molar-refractivity contribution is 9.11. The summed E-state index contributed by atoms with van der Waals surface area (Å²) in [5.41, 5.74) is 2.35. The highest BCUT2D eigenvalue weighted by Gasteiger charge is 2.03. The van der Waals surface area contributed by atoms with Gasteiger partial charge in [-0.05, 0) is 34.0 Å². The van der Waals surface area contributed by atoms with Gasteiger partial charge < -0.3 is 0 Å². The Morgan fingerprint density at radius 1 is 0.538 bits per heavy atom. The second-order valence-corrected chi connectivity index (χ2v) is 8.02. The van der Waals surface area contributed by atoms with Gasteiger partial charge in [-0.2, -0.15) is 0 Å². The molecular formula is C22H16Br2Cl2. The first-order chi connectivity index (χ1) is 12.7. The number of benzene rings is 4. The molecule has 0 unspecified atom stereocenters. The maximum absolute atomic E-state index is 5.86. The van der Waals surface area contributed by atoms with Crippen LogP contribution in [0.4, 0.5) is 0 Å². The zero-order valence-electron chi connectivity index (χ0n) is 13.9. The van der Waals surface area contributed by atoms with Gasteiger partial charge in [0.15, 0.2) is 0 Å². The Morgan fingerprint density at radius 3 is 1.23 bits per heavy atom. The second-order valence-electron chi connectivity index (χ2n) is 5.78. The van der Waals surface area contributed by atoms with E-state index < -0.39 is 0 Å². The molecule has 0 saturated heterocycles. The Kier molecular flexibility index (Phi) is 6.99. The number of hydrogen-bond acceptors (Lipinski definition) is 0. The third-order valence-corrected chi connectivity index (χ3v) is 6.07. The molecule has 0 saturated carbocycles. The van der Waals surface area contributed by atoms with Crippen LogP contribution in [-0.2, 0) is 11.8 Å². The van der Waals surface area contributed by atoms with Crippen molar-refractivity contribution in [1.29, 1.82) is 0 Å². The zero-order valence-corrected chi connectivity index (χ0v) is 18.5. The number of hydrogen-bond donors (Lipinski definition) is 0. The van der Waals surface area contributed by atoms with E-state index in [0.717, 1.165) is 8.95 Å². The van der Waals surface area contributed by atoms with Crippen LogP contribution < -0.4 is 0 Å². The van der Waals surface area contributed by atoms with E-state index in [-0.39, 0.29) is 0 Å². The molecule has 0 spiro atoms. The van der Waals surface area contributed by atoms with Crippen molar-refractivity contribution < 1.29 is 0 Å². The maximum Gasteiger partial charge on any atom is 0.0480 e. The molecule has 0 aliphatic carbocycles. The quantitative estimate of drug-likeness (QED) is 0.236. The molecule has 0 amide bonds. The fourth-order valence-electron chi connectivity index (χ4n) is 2.96. The molecule has 0 aromatic heterocycles. The first-order valence-electron chi connectivity index (χ1n) is 8.10. The van der Waals surface area contributed by atoms with E-state index >= 15 is 0 Å². The Labute approximate surface area is 180 Å². The Bertz CT molecular complexity index is 949. The SMILES string of the molecule is ClCc1cccc2cccc(Br)c12.ClCc1cccc2cccc(Br)c12. The summed E-state index contributed by atoms with van der Waals surface area (Å²) in [7, 11) is 0. The summed E-state index contributed by atoms with van der Waals surface area (Å²) >= 11 is 18.8.